The number of carbonyl (C=O) groups is 1. The number of hydrogen-bond donors (Lipinski definition) is 1. The summed E-state index contributed by atoms with van der Waals surface area (Å²) >= 11 is 1.50. The summed E-state index contributed by atoms with van der Waals surface area (Å²) in [5.41, 5.74) is 0.937. The normalized spacial score (nSPS) is 11.6. The maximum absolute atomic E-state index is 13.1. The minimum Gasteiger partial charge on any atom is -0.478 e. The Morgan fingerprint density at radius 1 is 0.923 bits per heavy atom. The molecule has 0 spiro atoms. The van der Waals surface area contributed by atoms with Crippen LogP contribution in [0.15, 0.2) is 77.0 Å². The number of carboxylic acids is 1. The maximum Gasteiger partial charge on any atom is 0.335 e. The number of sulfonamides is 1. The van der Waals surface area contributed by atoms with Crippen LogP contribution in [0.5, 0.6) is 0 Å². The van der Waals surface area contributed by atoms with Crippen molar-refractivity contribution >= 4 is 27.3 Å². The van der Waals surface area contributed by atoms with Crippen molar-refractivity contribution in [2.45, 2.75) is 18.0 Å². The average molecular weight is 387 g/mol. The quantitative estimate of drug-likeness (QED) is 0.668. The lowest BCUT2D eigenvalue weighted by Crippen LogP contribution is -2.30. The fourth-order valence-corrected chi connectivity index (χ4v) is 4.72. The molecule has 1 N–H and O–H groups in total. The molecule has 0 aliphatic carbocycles. The highest BCUT2D eigenvalue weighted by Gasteiger charge is 2.25. The summed E-state index contributed by atoms with van der Waals surface area (Å²) < 4.78 is 27.7. The van der Waals surface area contributed by atoms with Crippen molar-refractivity contribution in [3.63, 3.8) is 0 Å². The highest BCUT2D eigenvalue weighted by Crippen LogP contribution is 2.23. The molecule has 0 aliphatic heterocycles. The van der Waals surface area contributed by atoms with Crippen LogP contribution in [0.2, 0.25) is 0 Å². The van der Waals surface area contributed by atoms with Crippen LogP contribution in [0.1, 0.15) is 20.8 Å². The molecule has 1 aromatic heterocycles. The van der Waals surface area contributed by atoms with Crippen molar-refractivity contribution in [1.29, 1.82) is 0 Å². The van der Waals surface area contributed by atoms with E-state index in [9.17, 15) is 13.2 Å². The molecule has 1 heterocycles. The molecule has 0 atom stereocenters. The van der Waals surface area contributed by atoms with Crippen molar-refractivity contribution < 1.29 is 18.3 Å². The predicted molar refractivity (Wildman–Crippen MR) is 101 cm³/mol. The smallest absolute Gasteiger partial charge is 0.335 e. The molecule has 7 heteroatoms. The van der Waals surface area contributed by atoms with Crippen molar-refractivity contribution in [1.82, 2.24) is 4.31 Å². The Morgan fingerprint density at radius 3 is 2.19 bits per heavy atom. The lowest BCUT2D eigenvalue weighted by atomic mass is 10.2. The lowest BCUT2D eigenvalue weighted by Gasteiger charge is -2.22. The van der Waals surface area contributed by atoms with E-state index in [1.165, 1.54) is 39.9 Å². The van der Waals surface area contributed by atoms with E-state index in [4.69, 9.17) is 5.11 Å². The van der Waals surface area contributed by atoms with Gasteiger partial charge < -0.3 is 5.11 Å². The lowest BCUT2D eigenvalue weighted by molar-refractivity contribution is 0.0696. The molecule has 0 bridgehead atoms. The van der Waals surface area contributed by atoms with Gasteiger partial charge in [-0.25, -0.2) is 13.2 Å². The van der Waals surface area contributed by atoms with E-state index >= 15 is 0 Å². The first-order valence-corrected chi connectivity index (χ1v) is 10.2. The van der Waals surface area contributed by atoms with E-state index in [1.807, 2.05) is 47.8 Å². The second kappa shape index (κ2) is 7.82. The van der Waals surface area contributed by atoms with Crippen LogP contribution in [-0.2, 0) is 23.1 Å². The van der Waals surface area contributed by atoms with Gasteiger partial charge in [-0.05, 0) is 41.3 Å². The van der Waals surface area contributed by atoms with Crippen molar-refractivity contribution in [2.75, 3.05) is 0 Å². The fraction of sp³-hybridized carbons (Fsp3) is 0.105. The Bertz CT molecular complexity index is 966. The van der Waals surface area contributed by atoms with Crippen molar-refractivity contribution in [3.05, 3.63) is 88.1 Å². The number of carboxylic acid groups (broad SMARTS) is 1. The van der Waals surface area contributed by atoms with Gasteiger partial charge in [0.05, 0.1) is 10.5 Å². The molecule has 134 valence electrons. The van der Waals surface area contributed by atoms with Gasteiger partial charge in [0, 0.05) is 18.0 Å². The Kier molecular flexibility index (Phi) is 5.51. The van der Waals surface area contributed by atoms with Crippen LogP contribution in [0.3, 0.4) is 0 Å². The van der Waals surface area contributed by atoms with Crippen LogP contribution in [0.4, 0.5) is 0 Å². The molecule has 3 rings (SSSR count). The van der Waals surface area contributed by atoms with E-state index in [2.05, 4.69) is 0 Å². The molecule has 2 aromatic carbocycles. The van der Waals surface area contributed by atoms with E-state index in [0.29, 0.717) is 0 Å². The number of hydrogen-bond acceptors (Lipinski definition) is 4. The number of aromatic carboxylic acids is 1. The highest BCUT2D eigenvalue weighted by atomic mass is 32.2. The first kappa shape index (κ1) is 18.3. The van der Waals surface area contributed by atoms with Gasteiger partial charge in [0.1, 0.15) is 0 Å². The largest absolute Gasteiger partial charge is 0.478 e. The predicted octanol–water partition coefficient (Wildman–Crippen LogP) is 3.84. The summed E-state index contributed by atoms with van der Waals surface area (Å²) in [4.78, 5) is 12.0. The summed E-state index contributed by atoms with van der Waals surface area (Å²) in [5, 5.41) is 10.9. The maximum atomic E-state index is 13.1. The Labute approximate surface area is 156 Å². The zero-order valence-electron chi connectivity index (χ0n) is 13.8. The average Bonchev–Trinajstić information content (AvgIpc) is 3.15. The van der Waals surface area contributed by atoms with Gasteiger partial charge in [0.2, 0.25) is 10.0 Å². The third-order valence-electron chi connectivity index (χ3n) is 3.85. The molecule has 0 aliphatic rings. The Morgan fingerprint density at radius 2 is 1.62 bits per heavy atom. The van der Waals surface area contributed by atoms with Gasteiger partial charge in [0.25, 0.3) is 0 Å². The van der Waals surface area contributed by atoms with Gasteiger partial charge in [-0.15, -0.1) is 11.3 Å². The Hall–Kier alpha value is -2.48. The van der Waals surface area contributed by atoms with Crippen LogP contribution < -0.4 is 0 Å². The van der Waals surface area contributed by atoms with Crippen LogP contribution >= 0.6 is 11.3 Å². The molecular formula is C19H17NO4S2. The second-order valence-electron chi connectivity index (χ2n) is 5.67. The third kappa shape index (κ3) is 4.19. The molecule has 0 radical (unpaired) electrons. The summed E-state index contributed by atoms with van der Waals surface area (Å²) in [6, 6.07) is 18.4. The van der Waals surface area contributed by atoms with Gasteiger partial charge >= 0.3 is 5.97 Å². The van der Waals surface area contributed by atoms with E-state index < -0.39 is 16.0 Å². The molecule has 0 amide bonds. The minimum atomic E-state index is -3.77. The zero-order valence-corrected chi connectivity index (χ0v) is 15.4. The molecular weight excluding hydrogens is 370 g/mol. The SMILES string of the molecule is O=C(O)c1ccc(S(=O)(=O)N(Cc2ccccc2)Cc2cccs2)cc1. The molecule has 26 heavy (non-hydrogen) atoms. The number of thiophene rings is 1. The molecule has 0 saturated heterocycles. The standard InChI is InChI=1S/C19H17NO4S2/c21-19(22)16-8-10-18(11-9-16)26(23,24)20(14-17-7-4-12-25-17)13-15-5-2-1-3-6-15/h1-12H,13-14H2,(H,21,22). The van der Waals surface area contributed by atoms with Crippen molar-refractivity contribution in [3.8, 4) is 0 Å². The summed E-state index contributed by atoms with van der Waals surface area (Å²) in [5.74, 6) is -1.09. The molecule has 0 unspecified atom stereocenters. The van der Waals surface area contributed by atoms with Crippen LogP contribution in [-0.4, -0.2) is 23.8 Å². The summed E-state index contributed by atoms with van der Waals surface area (Å²) in [6.45, 7) is 0.497. The molecule has 5 nitrogen and oxygen atoms in total. The second-order valence-corrected chi connectivity index (χ2v) is 8.64. The van der Waals surface area contributed by atoms with Gasteiger partial charge in [-0.3, -0.25) is 0 Å². The monoisotopic (exact) mass is 387 g/mol. The number of benzene rings is 2. The third-order valence-corrected chi connectivity index (χ3v) is 6.52. The molecule has 3 aromatic rings. The molecule has 0 fully saturated rings. The topological polar surface area (TPSA) is 74.7 Å². The highest BCUT2D eigenvalue weighted by molar-refractivity contribution is 7.89. The zero-order chi connectivity index (χ0) is 18.6. The number of nitrogens with zero attached hydrogens (tertiary/aromatic N) is 1. The van der Waals surface area contributed by atoms with E-state index in [1.54, 1.807) is 0 Å². The van der Waals surface area contributed by atoms with Gasteiger partial charge in [0.15, 0.2) is 0 Å². The number of rotatable bonds is 7. The van der Waals surface area contributed by atoms with Crippen LogP contribution in [0.25, 0.3) is 0 Å². The fourth-order valence-electron chi connectivity index (χ4n) is 2.51. The van der Waals surface area contributed by atoms with Gasteiger partial charge in [-0.2, -0.15) is 4.31 Å². The van der Waals surface area contributed by atoms with Crippen LogP contribution in [0, 0.1) is 0 Å². The minimum absolute atomic E-state index is 0.0526. The van der Waals surface area contributed by atoms with E-state index in [0.717, 1.165) is 10.4 Å². The first-order chi connectivity index (χ1) is 12.5. The first-order valence-electron chi connectivity index (χ1n) is 7.86. The van der Waals surface area contributed by atoms with Gasteiger partial charge in [-0.1, -0.05) is 36.4 Å². The summed E-state index contributed by atoms with van der Waals surface area (Å²) in [7, 11) is -3.77. The summed E-state index contributed by atoms with van der Waals surface area (Å²) in [6.07, 6.45) is 0. The Balaban J connectivity index is 1.94. The van der Waals surface area contributed by atoms with Crippen molar-refractivity contribution in [2.24, 2.45) is 0 Å². The van der Waals surface area contributed by atoms with E-state index in [-0.39, 0.29) is 23.5 Å². The molecule has 0 saturated carbocycles.